The van der Waals surface area contributed by atoms with Gasteiger partial charge in [-0.3, -0.25) is 4.79 Å². The van der Waals surface area contributed by atoms with Gasteiger partial charge in [0.15, 0.2) is 0 Å². The maximum atomic E-state index is 12.5. The molecule has 0 aromatic heterocycles. The van der Waals surface area contributed by atoms with E-state index in [0.717, 1.165) is 37.5 Å². The van der Waals surface area contributed by atoms with E-state index in [4.69, 9.17) is 0 Å². The molecule has 1 aliphatic heterocycles. The van der Waals surface area contributed by atoms with E-state index in [1.54, 1.807) is 0 Å². The summed E-state index contributed by atoms with van der Waals surface area (Å²) in [7, 11) is 0. The van der Waals surface area contributed by atoms with Gasteiger partial charge in [-0.05, 0) is 56.7 Å². The van der Waals surface area contributed by atoms with Gasteiger partial charge in [0.2, 0.25) is 5.91 Å². The lowest BCUT2D eigenvalue weighted by Gasteiger charge is -2.32. The molecule has 1 amide bonds. The fourth-order valence-electron chi connectivity index (χ4n) is 2.69. The van der Waals surface area contributed by atoms with Crippen LogP contribution in [0.25, 0.3) is 0 Å². The summed E-state index contributed by atoms with van der Waals surface area (Å²) in [6, 6.07) is 6.14. The van der Waals surface area contributed by atoms with E-state index in [2.05, 4.69) is 44.3 Å². The van der Waals surface area contributed by atoms with Gasteiger partial charge in [-0.15, -0.1) is 0 Å². The minimum absolute atomic E-state index is 0.163. The van der Waals surface area contributed by atoms with Gasteiger partial charge in [-0.1, -0.05) is 19.1 Å². The number of likely N-dealkylation sites (tertiary alicyclic amines) is 1. The number of nitrogens with one attached hydrogen (secondary N) is 1. The van der Waals surface area contributed by atoms with Crippen molar-refractivity contribution in [1.82, 2.24) is 4.90 Å². The molecule has 0 bridgehead atoms. The predicted molar refractivity (Wildman–Crippen MR) is 84.0 cm³/mol. The first-order valence-electron chi connectivity index (χ1n) is 7.60. The molecule has 0 spiro atoms. The Bertz CT molecular complexity index is 476. The van der Waals surface area contributed by atoms with Crippen molar-refractivity contribution in [3.05, 3.63) is 29.3 Å². The first-order valence-corrected chi connectivity index (χ1v) is 7.60. The van der Waals surface area contributed by atoms with Crippen molar-refractivity contribution in [3.8, 4) is 0 Å². The van der Waals surface area contributed by atoms with Crippen molar-refractivity contribution >= 4 is 11.6 Å². The molecule has 3 nitrogen and oxygen atoms in total. The molecule has 0 aliphatic carbocycles. The van der Waals surface area contributed by atoms with Crippen LogP contribution in [-0.4, -0.2) is 29.9 Å². The summed E-state index contributed by atoms with van der Waals surface area (Å²) in [5, 5.41) is 3.37. The zero-order chi connectivity index (χ0) is 14.7. The molecule has 1 heterocycles. The molecule has 1 saturated heterocycles. The minimum Gasteiger partial charge on any atom is -0.374 e. The molecule has 1 atom stereocenters. The van der Waals surface area contributed by atoms with Crippen LogP contribution in [0.5, 0.6) is 0 Å². The first-order chi connectivity index (χ1) is 9.47. The third-order valence-corrected chi connectivity index (χ3v) is 4.23. The Kier molecular flexibility index (Phi) is 4.69. The average molecular weight is 274 g/mol. The zero-order valence-corrected chi connectivity index (χ0v) is 13.1. The zero-order valence-electron chi connectivity index (χ0n) is 13.1. The number of anilines is 1. The lowest BCUT2D eigenvalue weighted by atomic mass is 9.99. The molecule has 1 aromatic carbocycles. The Hall–Kier alpha value is -1.51. The van der Waals surface area contributed by atoms with Crippen LogP contribution in [0.4, 0.5) is 5.69 Å². The number of hydrogen-bond acceptors (Lipinski definition) is 2. The summed E-state index contributed by atoms with van der Waals surface area (Å²) in [5.41, 5.74) is 3.46. The Morgan fingerprint density at radius 3 is 2.60 bits per heavy atom. The highest BCUT2D eigenvalue weighted by atomic mass is 16.2. The van der Waals surface area contributed by atoms with Gasteiger partial charge in [-0.2, -0.15) is 0 Å². The molecule has 2 rings (SSSR count). The molecule has 0 saturated carbocycles. The van der Waals surface area contributed by atoms with Crippen molar-refractivity contribution in [2.24, 2.45) is 5.92 Å². The molecular formula is C17H26N2O. The smallest absolute Gasteiger partial charge is 0.244 e. The number of rotatable bonds is 3. The summed E-state index contributed by atoms with van der Waals surface area (Å²) in [6.45, 7) is 10.2. The molecule has 110 valence electrons. The van der Waals surface area contributed by atoms with E-state index < -0.39 is 0 Å². The normalized spacial score (nSPS) is 17.9. The van der Waals surface area contributed by atoms with Crippen molar-refractivity contribution < 1.29 is 4.79 Å². The molecular weight excluding hydrogens is 248 g/mol. The highest BCUT2D eigenvalue weighted by Crippen LogP contribution is 2.20. The largest absolute Gasteiger partial charge is 0.374 e. The second-order valence-corrected chi connectivity index (χ2v) is 6.19. The van der Waals surface area contributed by atoms with Crippen molar-refractivity contribution in [2.45, 2.75) is 46.6 Å². The van der Waals surface area contributed by atoms with E-state index in [9.17, 15) is 4.79 Å². The minimum atomic E-state index is -0.163. The summed E-state index contributed by atoms with van der Waals surface area (Å²) < 4.78 is 0. The third kappa shape index (κ3) is 3.53. The van der Waals surface area contributed by atoms with E-state index in [1.807, 2.05) is 11.8 Å². The molecule has 1 unspecified atom stereocenters. The van der Waals surface area contributed by atoms with Crippen LogP contribution in [0.1, 0.15) is 37.8 Å². The van der Waals surface area contributed by atoms with E-state index >= 15 is 0 Å². The van der Waals surface area contributed by atoms with Crippen molar-refractivity contribution in [1.29, 1.82) is 0 Å². The van der Waals surface area contributed by atoms with Crippen LogP contribution >= 0.6 is 0 Å². The standard InChI is InChI=1S/C17H26N2O/c1-12-7-9-19(10-8-12)17(20)15(4)18-16-11-13(2)5-6-14(16)3/h5-6,11-12,15,18H,7-10H2,1-4H3. The second-order valence-electron chi connectivity index (χ2n) is 6.19. The van der Waals surface area contributed by atoms with Gasteiger partial charge in [-0.25, -0.2) is 0 Å². The maximum Gasteiger partial charge on any atom is 0.244 e. The van der Waals surface area contributed by atoms with E-state index in [-0.39, 0.29) is 11.9 Å². The number of nitrogens with zero attached hydrogens (tertiary/aromatic N) is 1. The fraction of sp³-hybridized carbons (Fsp3) is 0.588. The SMILES string of the molecule is Cc1ccc(C)c(NC(C)C(=O)N2CCC(C)CC2)c1. The van der Waals surface area contributed by atoms with Gasteiger partial charge in [0, 0.05) is 18.8 Å². The fourth-order valence-corrected chi connectivity index (χ4v) is 2.69. The third-order valence-electron chi connectivity index (χ3n) is 4.23. The Balaban J connectivity index is 1.98. The van der Waals surface area contributed by atoms with Crippen LogP contribution in [0.15, 0.2) is 18.2 Å². The van der Waals surface area contributed by atoms with Crippen molar-refractivity contribution in [3.63, 3.8) is 0 Å². The van der Waals surface area contributed by atoms with Gasteiger partial charge in [0.1, 0.15) is 6.04 Å². The van der Waals surface area contributed by atoms with Crippen LogP contribution < -0.4 is 5.32 Å². The van der Waals surface area contributed by atoms with Gasteiger partial charge >= 0.3 is 0 Å². The number of carbonyl (C=O) groups excluding carboxylic acids is 1. The average Bonchev–Trinajstić information content (AvgIpc) is 2.43. The topological polar surface area (TPSA) is 32.3 Å². The molecule has 20 heavy (non-hydrogen) atoms. The van der Waals surface area contributed by atoms with Gasteiger partial charge < -0.3 is 10.2 Å². The highest BCUT2D eigenvalue weighted by Gasteiger charge is 2.24. The number of amides is 1. The molecule has 1 fully saturated rings. The lowest BCUT2D eigenvalue weighted by molar-refractivity contribution is -0.132. The molecule has 3 heteroatoms. The Morgan fingerprint density at radius 2 is 1.95 bits per heavy atom. The number of aryl methyl sites for hydroxylation is 2. The lowest BCUT2D eigenvalue weighted by Crippen LogP contribution is -2.45. The Labute approximate surface area is 122 Å². The van der Waals surface area contributed by atoms with E-state index in [0.29, 0.717) is 0 Å². The predicted octanol–water partition coefficient (Wildman–Crippen LogP) is 3.36. The molecule has 0 radical (unpaired) electrons. The van der Waals surface area contributed by atoms with Crippen LogP contribution in [-0.2, 0) is 4.79 Å². The second kappa shape index (κ2) is 6.29. The first kappa shape index (κ1) is 14.9. The van der Waals surface area contributed by atoms with Crippen molar-refractivity contribution in [2.75, 3.05) is 18.4 Å². The maximum absolute atomic E-state index is 12.5. The van der Waals surface area contributed by atoms with Crippen LogP contribution in [0, 0.1) is 19.8 Å². The number of piperidine rings is 1. The molecule has 1 aliphatic rings. The number of hydrogen-bond donors (Lipinski definition) is 1. The van der Waals surface area contributed by atoms with Crippen LogP contribution in [0.2, 0.25) is 0 Å². The summed E-state index contributed by atoms with van der Waals surface area (Å²) in [4.78, 5) is 14.5. The highest BCUT2D eigenvalue weighted by molar-refractivity contribution is 5.84. The van der Waals surface area contributed by atoms with Gasteiger partial charge in [0.05, 0.1) is 0 Å². The quantitative estimate of drug-likeness (QED) is 0.916. The van der Waals surface area contributed by atoms with E-state index in [1.165, 1.54) is 11.1 Å². The molecule has 1 aromatic rings. The van der Waals surface area contributed by atoms with Crippen LogP contribution in [0.3, 0.4) is 0 Å². The summed E-state index contributed by atoms with van der Waals surface area (Å²) in [5.74, 6) is 0.971. The number of carbonyl (C=O) groups is 1. The monoisotopic (exact) mass is 274 g/mol. The molecule has 1 N–H and O–H groups in total. The summed E-state index contributed by atoms with van der Waals surface area (Å²) >= 11 is 0. The number of benzene rings is 1. The summed E-state index contributed by atoms with van der Waals surface area (Å²) in [6.07, 6.45) is 2.25. The Morgan fingerprint density at radius 1 is 1.30 bits per heavy atom. The van der Waals surface area contributed by atoms with Gasteiger partial charge in [0.25, 0.3) is 0 Å².